The molecule has 2 aromatic carbocycles. The van der Waals surface area contributed by atoms with Gasteiger partial charge in [0.15, 0.2) is 0 Å². The van der Waals surface area contributed by atoms with Crippen molar-refractivity contribution in [1.82, 2.24) is 0 Å². The third-order valence-electron chi connectivity index (χ3n) is 5.20. The van der Waals surface area contributed by atoms with Gasteiger partial charge in [0.05, 0.1) is 37.8 Å². The van der Waals surface area contributed by atoms with Gasteiger partial charge < -0.3 is 29.7 Å². The van der Waals surface area contributed by atoms with Crippen LogP contribution in [0.1, 0.15) is 38.1 Å². The van der Waals surface area contributed by atoms with E-state index in [0.29, 0.717) is 54.9 Å². The van der Waals surface area contributed by atoms with Gasteiger partial charge in [-0.2, -0.15) is 0 Å². The molecule has 0 aliphatic carbocycles. The molecular weight excluding hydrogens is 422 g/mol. The number of amides is 2. The van der Waals surface area contributed by atoms with E-state index in [1.54, 1.807) is 24.3 Å². The van der Waals surface area contributed by atoms with Crippen LogP contribution in [0.5, 0.6) is 11.5 Å². The lowest BCUT2D eigenvalue weighted by molar-refractivity contribution is -0.118. The van der Waals surface area contributed by atoms with Crippen molar-refractivity contribution >= 4 is 28.9 Å². The SMILES string of the molecule is CCOc1cc(N2CCOCC2)c(OCC)cc1NC(=O)c1ccc(NC(=O)C(C)C)cc1. The molecule has 1 heterocycles. The van der Waals surface area contributed by atoms with Gasteiger partial charge in [-0.15, -0.1) is 0 Å². The fourth-order valence-electron chi connectivity index (χ4n) is 3.43. The minimum atomic E-state index is -0.278. The third-order valence-corrected chi connectivity index (χ3v) is 5.20. The minimum Gasteiger partial charge on any atom is -0.492 e. The molecule has 8 nitrogen and oxygen atoms in total. The third kappa shape index (κ3) is 6.38. The van der Waals surface area contributed by atoms with Crippen molar-refractivity contribution in [3.8, 4) is 11.5 Å². The second kappa shape index (κ2) is 11.6. The zero-order valence-electron chi connectivity index (χ0n) is 19.8. The number of benzene rings is 2. The van der Waals surface area contributed by atoms with Gasteiger partial charge in [0.2, 0.25) is 5.91 Å². The van der Waals surface area contributed by atoms with Crippen LogP contribution in [0.25, 0.3) is 0 Å². The van der Waals surface area contributed by atoms with E-state index < -0.39 is 0 Å². The molecular formula is C25H33N3O5. The lowest BCUT2D eigenvalue weighted by atomic mass is 10.1. The fraction of sp³-hybridized carbons (Fsp3) is 0.440. The van der Waals surface area contributed by atoms with E-state index in [1.165, 1.54) is 0 Å². The maximum atomic E-state index is 12.9. The topological polar surface area (TPSA) is 89.1 Å². The molecule has 3 rings (SSSR count). The Kier molecular flexibility index (Phi) is 8.54. The molecule has 1 saturated heterocycles. The van der Waals surface area contributed by atoms with E-state index in [0.717, 1.165) is 18.8 Å². The molecule has 0 aromatic heterocycles. The quantitative estimate of drug-likeness (QED) is 0.590. The summed E-state index contributed by atoms with van der Waals surface area (Å²) in [7, 11) is 0. The second-order valence-corrected chi connectivity index (χ2v) is 7.96. The molecule has 0 saturated carbocycles. The van der Waals surface area contributed by atoms with Crippen molar-refractivity contribution in [1.29, 1.82) is 0 Å². The van der Waals surface area contributed by atoms with Crippen LogP contribution in [0.2, 0.25) is 0 Å². The largest absolute Gasteiger partial charge is 0.492 e. The number of carbonyl (C=O) groups is 2. The average molecular weight is 456 g/mol. The highest BCUT2D eigenvalue weighted by Gasteiger charge is 2.21. The molecule has 2 aromatic rings. The summed E-state index contributed by atoms with van der Waals surface area (Å²) >= 11 is 0. The van der Waals surface area contributed by atoms with Crippen molar-refractivity contribution in [2.45, 2.75) is 27.7 Å². The number of morpholine rings is 1. The van der Waals surface area contributed by atoms with Crippen molar-refractivity contribution < 1.29 is 23.8 Å². The molecule has 2 amide bonds. The molecule has 0 unspecified atom stereocenters. The van der Waals surface area contributed by atoms with Crippen LogP contribution in [-0.2, 0) is 9.53 Å². The molecule has 0 atom stereocenters. The molecule has 0 spiro atoms. The van der Waals surface area contributed by atoms with Gasteiger partial charge in [0.1, 0.15) is 11.5 Å². The number of ether oxygens (including phenoxy) is 3. The number of carbonyl (C=O) groups excluding carboxylic acids is 2. The number of nitrogens with zero attached hydrogens (tertiary/aromatic N) is 1. The minimum absolute atomic E-state index is 0.0719. The molecule has 0 radical (unpaired) electrons. The summed E-state index contributed by atoms with van der Waals surface area (Å²) in [5.74, 6) is 0.795. The lowest BCUT2D eigenvalue weighted by Gasteiger charge is -2.31. The highest BCUT2D eigenvalue weighted by Crippen LogP contribution is 2.39. The van der Waals surface area contributed by atoms with E-state index >= 15 is 0 Å². The molecule has 33 heavy (non-hydrogen) atoms. The fourth-order valence-corrected chi connectivity index (χ4v) is 3.43. The Morgan fingerprint density at radius 1 is 0.970 bits per heavy atom. The Morgan fingerprint density at radius 3 is 2.21 bits per heavy atom. The maximum absolute atomic E-state index is 12.9. The first kappa shape index (κ1) is 24.4. The van der Waals surface area contributed by atoms with Gasteiger partial charge in [0.25, 0.3) is 5.91 Å². The predicted molar refractivity (Wildman–Crippen MR) is 130 cm³/mol. The first-order valence-corrected chi connectivity index (χ1v) is 11.4. The second-order valence-electron chi connectivity index (χ2n) is 7.96. The molecule has 1 aliphatic heterocycles. The van der Waals surface area contributed by atoms with E-state index in [1.807, 2.05) is 39.8 Å². The Balaban J connectivity index is 1.83. The first-order chi connectivity index (χ1) is 15.9. The van der Waals surface area contributed by atoms with Crippen molar-refractivity contribution in [3.05, 3.63) is 42.0 Å². The van der Waals surface area contributed by atoms with E-state index in [4.69, 9.17) is 14.2 Å². The van der Waals surface area contributed by atoms with Crippen molar-refractivity contribution in [2.75, 3.05) is 55.1 Å². The van der Waals surface area contributed by atoms with Gasteiger partial charge in [0, 0.05) is 42.4 Å². The summed E-state index contributed by atoms with van der Waals surface area (Å²) in [5, 5.41) is 5.77. The highest BCUT2D eigenvalue weighted by molar-refractivity contribution is 6.05. The molecule has 8 heteroatoms. The normalized spacial score (nSPS) is 13.5. The van der Waals surface area contributed by atoms with Crippen LogP contribution in [0.4, 0.5) is 17.1 Å². The maximum Gasteiger partial charge on any atom is 0.255 e. The van der Waals surface area contributed by atoms with Crippen LogP contribution in [0, 0.1) is 5.92 Å². The van der Waals surface area contributed by atoms with E-state index in [-0.39, 0.29) is 17.7 Å². The highest BCUT2D eigenvalue weighted by atomic mass is 16.5. The summed E-state index contributed by atoms with van der Waals surface area (Å²) in [4.78, 5) is 27.0. The Bertz CT molecular complexity index is 953. The Hall–Kier alpha value is -3.26. The molecule has 178 valence electrons. The average Bonchev–Trinajstić information content (AvgIpc) is 2.81. The van der Waals surface area contributed by atoms with Crippen molar-refractivity contribution in [3.63, 3.8) is 0 Å². The van der Waals surface area contributed by atoms with Crippen LogP contribution in [0.15, 0.2) is 36.4 Å². The lowest BCUT2D eigenvalue weighted by Crippen LogP contribution is -2.36. The zero-order valence-corrected chi connectivity index (χ0v) is 19.8. The number of anilines is 3. The zero-order chi connectivity index (χ0) is 23.8. The van der Waals surface area contributed by atoms with Crippen LogP contribution in [-0.4, -0.2) is 51.3 Å². The van der Waals surface area contributed by atoms with E-state index in [9.17, 15) is 9.59 Å². The number of rotatable bonds is 9. The Morgan fingerprint density at radius 2 is 1.61 bits per heavy atom. The van der Waals surface area contributed by atoms with Crippen LogP contribution < -0.4 is 25.0 Å². The van der Waals surface area contributed by atoms with Crippen molar-refractivity contribution in [2.24, 2.45) is 5.92 Å². The van der Waals surface area contributed by atoms with Crippen LogP contribution in [0.3, 0.4) is 0 Å². The molecule has 1 fully saturated rings. The van der Waals surface area contributed by atoms with Gasteiger partial charge in [-0.1, -0.05) is 13.8 Å². The van der Waals surface area contributed by atoms with Gasteiger partial charge in [-0.05, 0) is 38.1 Å². The van der Waals surface area contributed by atoms with E-state index in [2.05, 4.69) is 15.5 Å². The van der Waals surface area contributed by atoms with Gasteiger partial charge >= 0.3 is 0 Å². The van der Waals surface area contributed by atoms with Crippen LogP contribution >= 0.6 is 0 Å². The summed E-state index contributed by atoms with van der Waals surface area (Å²) in [6, 6.07) is 10.5. The summed E-state index contributed by atoms with van der Waals surface area (Å²) in [6.45, 7) is 11.3. The first-order valence-electron chi connectivity index (χ1n) is 11.4. The number of hydrogen-bond acceptors (Lipinski definition) is 6. The standard InChI is InChI=1S/C25H33N3O5/c1-5-32-22-16-21(28-11-13-31-14-12-28)23(33-6-2)15-20(22)27-25(30)18-7-9-19(10-8-18)26-24(29)17(3)4/h7-10,15-17H,5-6,11-14H2,1-4H3,(H,26,29)(H,27,30). The smallest absolute Gasteiger partial charge is 0.255 e. The molecule has 1 aliphatic rings. The predicted octanol–water partition coefficient (Wildman–Crippen LogP) is 4.17. The Labute approximate surface area is 195 Å². The van der Waals surface area contributed by atoms with Gasteiger partial charge in [-0.25, -0.2) is 0 Å². The number of hydrogen-bond donors (Lipinski definition) is 2. The van der Waals surface area contributed by atoms with Gasteiger partial charge in [-0.3, -0.25) is 9.59 Å². The summed E-state index contributed by atoms with van der Waals surface area (Å²) in [5.41, 5.74) is 2.58. The molecule has 2 N–H and O–H groups in total. The summed E-state index contributed by atoms with van der Waals surface area (Å²) in [6.07, 6.45) is 0. The summed E-state index contributed by atoms with van der Waals surface area (Å²) < 4.78 is 17.2. The molecule has 0 bridgehead atoms. The number of nitrogens with one attached hydrogen (secondary N) is 2. The monoisotopic (exact) mass is 455 g/mol.